The number of hydrogen-bond donors (Lipinski definition) is 2. The molecule has 1 aliphatic rings. The second-order valence-electron chi connectivity index (χ2n) is 3.53. The number of thiol groups is 1. The van der Waals surface area contributed by atoms with E-state index in [1.807, 2.05) is 0 Å². The summed E-state index contributed by atoms with van der Waals surface area (Å²) in [5.74, 6) is -0.373. The quantitative estimate of drug-likeness (QED) is 0.609. The smallest absolute Gasteiger partial charge is 0.234 e. The van der Waals surface area contributed by atoms with Gasteiger partial charge in [0.2, 0.25) is 5.91 Å². The van der Waals surface area contributed by atoms with Crippen molar-refractivity contribution in [3.63, 3.8) is 0 Å². The number of hydrogen-bond acceptors (Lipinski definition) is 4. The Morgan fingerprint density at radius 3 is 2.62 bits per heavy atom. The minimum Gasteiger partial charge on any atom is -0.379 e. The maximum Gasteiger partial charge on any atom is 0.234 e. The topological polar surface area (TPSA) is 55.6 Å². The Kier molecular flexibility index (Phi) is 3.58. The SMILES string of the molecule is CC(S)(CN1CCOCC1)C(N)=O. The van der Waals surface area contributed by atoms with Crippen LogP contribution in [-0.2, 0) is 9.53 Å². The van der Waals surface area contributed by atoms with Crippen LogP contribution in [0.5, 0.6) is 0 Å². The number of amides is 1. The predicted octanol–water partition coefficient (Wildman–Crippen LogP) is -0.508. The summed E-state index contributed by atoms with van der Waals surface area (Å²) < 4.78 is 4.45. The number of nitrogens with zero attached hydrogens (tertiary/aromatic N) is 1. The zero-order valence-electron chi connectivity index (χ0n) is 7.82. The molecular formula is C8H16N2O2S. The van der Waals surface area contributed by atoms with Crippen molar-refractivity contribution >= 4 is 18.5 Å². The van der Waals surface area contributed by atoms with Gasteiger partial charge in [0.05, 0.1) is 13.2 Å². The van der Waals surface area contributed by atoms with Crippen molar-refractivity contribution in [1.82, 2.24) is 4.90 Å². The van der Waals surface area contributed by atoms with Crippen LogP contribution in [0.1, 0.15) is 6.92 Å². The van der Waals surface area contributed by atoms with Crippen LogP contribution in [0.4, 0.5) is 0 Å². The molecule has 1 unspecified atom stereocenters. The monoisotopic (exact) mass is 204 g/mol. The normalized spacial score (nSPS) is 23.8. The van der Waals surface area contributed by atoms with Gasteiger partial charge in [-0.1, -0.05) is 0 Å². The van der Waals surface area contributed by atoms with Gasteiger partial charge in [-0.25, -0.2) is 0 Å². The van der Waals surface area contributed by atoms with E-state index in [0.29, 0.717) is 6.54 Å². The first-order valence-electron chi connectivity index (χ1n) is 4.35. The lowest BCUT2D eigenvalue weighted by molar-refractivity contribution is -0.120. The third kappa shape index (κ3) is 3.17. The highest BCUT2D eigenvalue weighted by molar-refractivity contribution is 7.82. The molecule has 0 spiro atoms. The zero-order chi connectivity index (χ0) is 9.90. The molecule has 0 aliphatic carbocycles. The van der Waals surface area contributed by atoms with Gasteiger partial charge in [-0.15, -0.1) is 0 Å². The van der Waals surface area contributed by atoms with E-state index in [1.165, 1.54) is 0 Å². The van der Waals surface area contributed by atoms with E-state index >= 15 is 0 Å². The first kappa shape index (κ1) is 10.8. The number of nitrogens with two attached hydrogens (primary N) is 1. The molecule has 4 nitrogen and oxygen atoms in total. The summed E-state index contributed by atoms with van der Waals surface area (Å²) in [6.45, 7) is 5.49. The van der Waals surface area contributed by atoms with Gasteiger partial charge >= 0.3 is 0 Å². The molecule has 1 fully saturated rings. The molecule has 2 N–H and O–H groups in total. The molecule has 0 saturated carbocycles. The van der Waals surface area contributed by atoms with Crippen molar-refractivity contribution in [1.29, 1.82) is 0 Å². The fourth-order valence-corrected chi connectivity index (χ4v) is 1.47. The second kappa shape index (κ2) is 4.30. The Morgan fingerprint density at radius 2 is 2.15 bits per heavy atom. The standard InChI is InChI=1S/C8H16N2O2S/c1-8(13,7(9)11)6-10-2-4-12-5-3-10/h13H,2-6H2,1H3,(H2,9,11). The van der Waals surface area contributed by atoms with Gasteiger partial charge in [-0.2, -0.15) is 12.6 Å². The molecule has 0 radical (unpaired) electrons. The van der Waals surface area contributed by atoms with Gasteiger partial charge < -0.3 is 10.5 Å². The molecule has 13 heavy (non-hydrogen) atoms. The molecule has 0 bridgehead atoms. The van der Waals surface area contributed by atoms with Crippen molar-refractivity contribution in [3.8, 4) is 0 Å². The number of carbonyl (C=O) groups excluding carboxylic acids is 1. The van der Waals surface area contributed by atoms with E-state index in [9.17, 15) is 4.79 Å². The van der Waals surface area contributed by atoms with Crippen molar-refractivity contribution in [2.24, 2.45) is 5.73 Å². The first-order chi connectivity index (χ1) is 6.02. The summed E-state index contributed by atoms with van der Waals surface area (Å²) in [6, 6.07) is 0. The van der Waals surface area contributed by atoms with Crippen LogP contribution >= 0.6 is 12.6 Å². The summed E-state index contributed by atoms with van der Waals surface area (Å²) in [5.41, 5.74) is 5.21. The molecule has 1 amide bonds. The molecule has 0 aromatic rings. The number of morpholine rings is 1. The highest BCUT2D eigenvalue weighted by atomic mass is 32.1. The third-order valence-electron chi connectivity index (χ3n) is 2.17. The summed E-state index contributed by atoms with van der Waals surface area (Å²) in [6.07, 6.45) is 0. The Morgan fingerprint density at radius 1 is 1.62 bits per heavy atom. The summed E-state index contributed by atoms with van der Waals surface area (Å²) >= 11 is 4.23. The molecule has 0 aromatic carbocycles. The van der Waals surface area contributed by atoms with Crippen molar-refractivity contribution in [2.45, 2.75) is 11.7 Å². The third-order valence-corrected chi connectivity index (χ3v) is 2.53. The number of rotatable bonds is 3. The predicted molar refractivity (Wildman–Crippen MR) is 53.8 cm³/mol. The van der Waals surface area contributed by atoms with E-state index in [4.69, 9.17) is 10.5 Å². The Bertz CT molecular complexity index is 191. The van der Waals surface area contributed by atoms with Gasteiger partial charge in [-0.3, -0.25) is 9.69 Å². The highest BCUT2D eigenvalue weighted by Gasteiger charge is 2.29. The van der Waals surface area contributed by atoms with Gasteiger partial charge in [0.1, 0.15) is 4.75 Å². The fourth-order valence-electron chi connectivity index (χ4n) is 1.27. The molecular weight excluding hydrogens is 188 g/mol. The van der Waals surface area contributed by atoms with Gasteiger partial charge in [-0.05, 0) is 6.92 Å². The summed E-state index contributed by atoms with van der Waals surface area (Å²) in [5, 5.41) is 0. The van der Waals surface area contributed by atoms with Crippen LogP contribution in [0.3, 0.4) is 0 Å². The second-order valence-corrected chi connectivity index (χ2v) is 4.51. The van der Waals surface area contributed by atoms with E-state index in [0.717, 1.165) is 26.3 Å². The van der Waals surface area contributed by atoms with E-state index < -0.39 is 4.75 Å². The van der Waals surface area contributed by atoms with Gasteiger partial charge in [0, 0.05) is 19.6 Å². The Labute approximate surface area is 83.8 Å². The van der Waals surface area contributed by atoms with E-state index in [1.54, 1.807) is 6.92 Å². The minimum absolute atomic E-state index is 0.373. The number of carbonyl (C=O) groups is 1. The minimum atomic E-state index is -0.739. The number of primary amides is 1. The van der Waals surface area contributed by atoms with Crippen molar-refractivity contribution in [3.05, 3.63) is 0 Å². The zero-order valence-corrected chi connectivity index (χ0v) is 8.72. The molecule has 1 saturated heterocycles. The van der Waals surface area contributed by atoms with Gasteiger partial charge in [0.25, 0.3) is 0 Å². The molecule has 1 heterocycles. The maximum atomic E-state index is 11.0. The van der Waals surface area contributed by atoms with Crippen LogP contribution in [0, 0.1) is 0 Å². The molecule has 1 aliphatic heterocycles. The first-order valence-corrected chi connectivity index (χ1v) is 4.79. The van der Waals surface area contributed by atoms with Crippen LogP contribution in [0.2, 0.25) is 0 Å². The highest BCUT2D eigenvalue weighted by Crippen LogP contribution is 2.15. The molecule has 5 heteroatoms. The lowest BCUT2D eigenvalue weighted by Gasteiger charge is -2.32. The number of ether oxygens (including phenoxy) is 1. The Balaban J connectivity index is 2.41. The molecule has 0 aromatic heterocycles. The summed E-state index contributed by atoms with van der Waals surface area (Å²) in [7, 11) is 0. The Hall–Kier alpha value is -0.260. The van der Waals surface area contributed by atoms with Gasteiger partial charge in [0.15, 0.2) is 0 Å². The molecule has 1 atom stereocenters. The largest absolute Gasteiger partial charge is 0.379 e. The average Bonchev–Trinajstić information content (AvgIpc) is 2.05. The maximum absolute atomic E-state index is 11.0. The fraction of sp³-hybridized carbons (Fsp3) is 0.875. The average molecular weight is 204 g/mol. The summed E-state index contributed by atoms with van der Waals surface area (Å²) in [4.78, 5) is 13.1. The molecule has 76 valence electrons. The van der Waals surface area contributed by atoms with Crippen LogP contribution in [-0.4, -0.2) is 48.4 Å². The van der Waals surface area contributed by atoms with Crippen LogP contribution in [0.25, 0.3) is 0 Å². The van der Waals surface area contributed by atoms with Crippen LogP contribution in [0.15, 0.2) is 0 Å². The van der Waals surface area contributed by atoms with Crippen molar-refractivity contribution < 1.29 is 9.53 Å². The molecule has 1 rings (SSSR count). The van der Waals surface area contributed by atoms with E-state index in [-0.39, 0.29) is 5.91 Å². The van der Waals surface area contributed by atoms with Crippen molar-refractivity contribution in [2.75, 3.05) is 32.8 Å². The van der Waals surface area contributed by atoms with E-state index in [2.05, 4.69) is 17.5 Å². The lowest BCUT2D eigenvalue weighted by Crippen LogP contribution is -2.49. The van der Waals surface area contributed by atoms with Crippen LogP contribution < -0.4 is 5.73 Å². The lowest BCUT2D eigenvalue weighted by atomic mass is 10.1.